The molecular weight excluding hydrogens is 236 g/mol. The zero-order chi connectivity index (χ0) is 14.8. The van der Waals surface area contributed by atoms with Crippen LogP contribution in [0.15, 0.2) is 0 Å². The van der Waals surface area contributed by atoms with Gasteiger partial charge in [-0.1, -0.05) is 48.0 Å². The topological polar surface area (TPSA) is 18.5 Å². The molecule has 0 aliphatic rings. The van der Waals surface area contributed by atoms with Crippen LogP contribution in [0.1, 0.15) is 73.6 Å². The van der Waals surface area contributed by atoms with Gasteiger partial charge >= 0.3 is 0 Å². The Bertz CT molecular complexity index is 176. The maximum atomic E-state index is 5.57. The summed E-state index contributed by atoms with van der Waals surface area (Å²) in [6, 6.07) is 0. The molecule has 0 atom stereocenters. The molecular formula is C17H36O2. The fourth-order valence-corrected chi connectivity index (χ4v) is 1.89. The van der Waals surface area contributed by atoms with Gasteiger partial charge in [-0.15, -0.1) is 0 Å². The summed E-state index contributed by atoms with van der Waals surface area (Å²) in [5, 5.41) is 0. The van der Waals surface area contributed by atoms with Crippen LogP contribution in [0.5, 0.6) is 0 Å². The zero-order valence-corrected chi connectivity index (χ0v) is 14.2. The van der Waals surface area contributed by atoms with Crippen molar-refractivity contribution in [1.29, 1.82) is 0 Å². The van der Waals surface area contributed by atoms with Gasteiger partial charge in [0.15, 0.2) is 0 Å². The number of hydrogen-bond acceptors (Lipinski definition) is 2. The number of unbranched alkanes of at least 4 members (excludes halogenated alkanes) is 1. The van der Waals surface area contributed by atoms with Gasteiger partial charge in [-0.05, 0) is 36.5 Å². The molecule has 0 aliphatic carbocycles. The van der Waals surface area contributed by atoms with E-state index >= 15 is 0 Å². The van der Waals surface area contributed by atoms with E-state index < -0.39 is 0 Å². The minimum absolute atomic E-state index is 0.424. The van der Waals surface area contributed by atoms with E-state index in [1.807, 2.05) is 0 Å². The summed E-state index contributed by atoms with van der Waals surface area (Å²) in [6.07, 6.45) is 6.08. The monoisotopic (exact) mass is 272 g/mol. The van der Waals surface area contributed by atoms with Gasteiger partial charge in [-0.25, -0.2) is 0 Å². The van der Waals surface area contributed by atoms with Crippen LogP contribution in [0.3, 0.4) is 0 Å². The molecule has 0 aliphatic heterocycles. The highest BCUT2D eigenvalue weighted by atomic mass is 16.5. The third-order valence-electron chi connectivity index (χ3n) is 3.05. The lowest BCUT2D eigenvalue weighted by molar-refractivity contribution is 0.0424. The van der Waals surface area contributed by atoms with Gasteiger partial charge in [0.2, 0.25) is 0 Å². The predicted molar refractivity (Wildman–Crippen MR) is 83.6 cm³/mol. The lowest BCUT2D eigenvalue weighted by Crippen LogP contribution is -2.10. The van der Waals surface area contributed by atoms with E-state index in [1.165, 1.54) is 25.7 Å². The van der Waals surface area contributed by atoms with Crippen molar-refractivity contribution in [2.75, 3.05) is 26.4 Å². The standard InChI is InChI=1S/C17H36O2/c1-16(2,3)10-7-8-12-18-14-15-19-13-9-11-17(4,5)6/h7-15H2,1-6H3. The van der Waals surface area contributed by atoms with Gasteiger partial charge in [0.1, 0.15) is 0 Å². The van der Waals surface area contributed by atoms with Crippen LogP contribution in [0.4, 0.5) is 0 Å². The number of ether oxygens (including phenoxy) is 2. The Morgan fingerprint density at radius 1 is 0.526 bits per heavy atom. The summed E-state index contributed by atoms with van der Waals surface area (Å²) in [6.45, 7) is 16.9. The molecule has 0 aromatic rings. The van der Waals surface area contributed by atoms with Crippen molar-refractivity contribution in [2.24, 2.45) is 10.8 Å². The molecule has 0 fully saturated rings. The Hall–Kier alpha value is -0.0800. The average Bonchev–Trinajstić information content (AvgIpc) is 2.22. The lowest BCUT2D eigenvalue weighted by atomic mass is 9.90. The Balaban J connectivity index is 3.12. The highest BCUT2D eigenvalue weighted by Crippen LogP contribution is 2.21. The van der Waals surface area contributed by atoms with E-state index in [2.05, 4.69) is 41.5 Å². The molecule has 0 spiro atoms. The van der Waals surface area contributed by atoms with Crippen molar-refractivity contribution in [1.82, 2.24) is 0 Å². The minimum atomic E-state index is 0.424. The summed E-state index contributed by atoms with van der Waals surface area (Å²) in [4.78, 5) is 0. The summed E-state index contributed by atoms with van der Waals surface area (Å²) >= 11 is 0. The van der Waals surface area contributed by atoms with Crippen molar-refractivity contribution in [3.63, 3.8) is 0 Å². The first-order valence-corrected chi connectivity index (χ1v) is 7.86. The third-order valence-corrected chi connectivity index (χ3v) is 3.05. The van der Waals surface area contributed by atoms with Crippen LogP contribution in [-0.4, -0.2) is 26.4 Å². The zero-order valence-electron chi connectivity index (χ0n) is 14.2. The smallest absolute Gasteiger partial charge is 0.0700 e. The first-order valence-electron chi connectivity index (χ1n) is 7.86. The van der Waals surface area contributed by atoms with E-state index in [9.17, 15) is 0 Å². The van der Waals surface area contributed by atoms with Crippen molar-refractivity contribution in [2.45, 2.75) is 73.6 Å². The SMILES string of the molecule is CC(C)(C)CCCCOCCOCCCC(C)(C)C. The van der Waals surface area contributed by atoms with Crippen molar-refractivity contribution in [3.05, 3.63) is 0 Å². The van der Waals surface area contributed by atoms with Crippen molar-refractivity contribution < 1.29 is 9.47 Å². The Labute approximate surface area is 121 Å². The molecule has 0 saturated heterocycles. The molecule has 0 heterocycles. The first kappa shape index (κ1) is 18.9. The molecule has 2 heteroatoms. The molecule has 116 valence electrons. The van der Waals surface area contributed by atoms with E-state index in [1.54, 1.807) is 0 Å². The first-order chi connectivity index (χ1) is 8.71. The molecule has 0 saturated carbocycles. The lowest BCUT2D eigenvalue weighted by Gasteiger charge is -2.17. The van der Waals surface area contributed by atoms with Crippen LogP contribution in [0.25, 0.3) is 0 Å². The van der Waals surface area contributed by atoms with E-state index in [-0.39, 0.29) is 0 Å². The van der Waals surface area contributed by atoms with Gasteiger partial charge < -0.3 is 9.47 Å². The highest BCUT2D eigenvalue weighted by Gasteiger charge is 2.09. The molecule has 0 N–H and O–H groups in total. The maximum Gasteiger partial charge on any atom is 0.0700 e. The summed E-state index contributed by atoms with van der Waals surface area (Å²) < 4.78 is 11.1. The third kappa shape index (κ3) is 17.9. The van der Waals surface area contributed by atoms with Gasteiger partial charge in [-0.2, -0.15) is 0 Å². The van der Waals surface area contributed by atoms with Crippen molar-refractivity contribution >= 4 is 0 Å². The summed E-state index contributed by atoms with van der Waals surface area (Å²) in [7, 11) is 0. The minimum Gasteiger partial charge on any atom is -0.379 e. The second-order valence-electron chi connectivity index (χ2n) is 7.91. The van der Waals surface area contributed by atoms with Gasteiger partial charge in [0.05, 0.1) is 13.2 Å². The molecule has 0 unspecified atom stereocenters. The second-order valence-corrected chi connectivity index (χ2v) is 7.91. The van der Waals surface area contributed by atoms with E-state index in [4.69, 9.17) is 9.47 Å². The second kappa shape index (κ2) is 9.77. The van der Waals surface area contributed by atoms with Crippen LogP contribution in [0.2, 0.25) is 0 Å². The van der Waals surface area contributed by atoms with E-state index in [0.29, 0.717) is 10.8 Å². The number of hydrogen-bond donors (Lipinski definition) is 0. The molecule has 0 aromatic carbocycles. The van der Waals surface area contributed by atoms with Crippen LogP contribution in [-0.2, 0) is 9.47 Å². The summed E-state index contributed by atoms with van der Waals surface area (Å²) in [5.41, 5.74) is 0.878. The molecule has 2 nitrogen and oxygen atoms in total. The predicted octanol–water partition coefficient (Wildman–Crippen LogP) is 5.06. The summed E-state index contributed by atoms with van der Waals surface area (Å²) in [5.74, 6) is 0. The quantitative estimate of drug-likeness (QED) is 0.517. The normalized spacial score (nSPS) is 12.9. The fraction of sp³-hybridized carbons (Fsp3) is 1.00. The largest absolute Gasteiger partial charge is 0.379 e. The Morgan fingerprint density at radius 2 is 0.947 bits per heavy atom. The van der Waals surface area contributed by atoms with Crippen LogP contribution in [0, 0.1) is 10.8 Å². The molecule has 19 heavy (non-hydrogen) atoms. The molecule has 0 bridgehead atoms. The average molecular weight is 272 g/mol. The molecule has 0 aromatic heterocycles. The highest BCUT2D eigenvalue weighted by molar-refractivity contribution is 4.61. The van der Waals surface area contributed by atoms with Gasteiger partial charge in [0.25, 0.3) is 0 Å². The Morgan fingerprint density at radius 3 is 1.42 bits per heavy atom. The van der Waals surface area contributed by atoms with Gasteiger partial charge in [-0.3, -0.25) is 0 Å². The van der Waals surface area contributed by atoms with Crippen LogP contribution < -0.4 is 0 Å². The Kier molecular flexibility index (Phi) is 9.72. The number of rotatable bonds is 10. The molecule has 0 amide bonds. The molecule has 0 radical (unpaired) electrons. The van der Waals surface area contributed by atoms with Crippen LogP contribution >= 0.6 is 0 Å². The maximum absolute atomic E-state index is 5.57. The molecule has 0 rings (SSSR count). The fourth-order valence-electron chi connectivity index (χ4n) is 1.89. The van der Waals surface area contributed by atoms with Crippen molar-refractivity contribution in [3.8, 4) is 0 Å². The van der Waals surface area contributed by atoms with E-state index in [0.717, 1.165) is 32.8 Å². The van der Waals surface area contributed by atoms with Gasteiger partial charge in [0, 0.05) is 13.2 Å².